The minimum absolute atomic E-state index is 0.231. The van der Waals surface area contributed by atoms with Crippen LogP contribution >= 0.6 is 23.2 Å². The highest BCUT2D eigenvalue weighted by Crippen LogP contribution is 2.26. The first kappa shape index (κ1) is 21.3. The Labute approximate surface area is 179 Å². The predicted octanol–water partition coefficient (Wildman–Crippen LogP) is 3.42. The van der Waals surface area contributed by atoms with Crippen molar-refractivity contribution in [1.29, 1.82) is 0 Å². The van der Waals surface area contributed by atoms with Crippen molar-refractivity contribution in [1.82, 2.24) is 15.3 Å². The molecule has 0 spiro atoms. The Kier molecular flexibility index (Phi) is 7.28. The number of hydrogen-bond acceptors (Lipinski definition) is 6. The zero-order valence-corrected chi connectivity index (χ0v) is 17.5. The summed E-state index contributed by atoms with van der Waals surface area (Å²) in [7, 11) is 0. The summed E-state index contributed by atoms with van der Waals surface area (Å²) in [6.07, 6.45) is 4.66. The van der Waals surface area contributed by atoms with Crippen LogP contribution in [0, 0.1) is 5.92 Å². The number of ether oxygens (including phenoxy) is 1. The zero-order chi connectivity index (χ0) is 20.8. The van der Waals surface area contributed by atoms with E-state index in [1.807, 2.05) is 4.90 Å². The quantitative estimate of drug-likeness (QED) is 0.698. The number of carbonyl (C=O) groups excluding carboxylic acids is 2. The second-order valence-electron chi connectivity index (χ2n) is 6.87. The highest BCUT2D eigenvalue weighted by molar-refractivity contribution is 6.35. The standard InChI is InChI=1S/C20H22Cl2N4O3/c1-13(16-4-3-15(21)11-17(16)22)25-18(27)12-29-19(28)14-5-9-26(10-6-14)20-23-7-2-8-24-20/h2-4,7-8,11,13-14H,5-6,9-10,12H2,1H3,(H,25,27). The summed E-state index contributed by atoms with van der Waals surface area (Å²) in [5, 5.41) is 3.77. The maximum atomic E-state index is 12.3. The van der Waals surface area contributed by atoms with Crippen LogP contribution in [-0.4, -0.2) is 41.5 Å². The minimum Gasteiger partial charge on any atom is -0.455 e. The third kappa shape index (κ3) is 5.81. The van der Waals surface area contributed by atoms with Crippen LogP contribution in [0.1, 0.15) is 31.4 Å². The van der Waals surface area contributed by atoms with E-state index < -0.39 is 0 Å². The number of hydrogen-bond donors (Lipinski definition) is 1. The van der Waals surface area contributed by atoms with E-state index in [9.17, 15) is 9.59 Å². The lowest BCUT2D eigenvalue weighted by atomic mass is 9.97. The average molecular weight is 437 g/mol. The number of rotatable bonds is 6. The highest BCUT2D eigenvalue weighted by atomic mass is 35.5. The van der Waals surface area contributed by atoms with Crippen molar-refractivity contribution in [2.45, 2.75) is 25.8 Å². The molecule has 1 saturated heterocycles. The van der Waals surface area contributed by atoms with Crippen molar-refractivity contribution >= 4 is 41.0 Å². The number of esters is 1. The van der Waals surface area contributed by atoms with Crippen LogP contribution in [0.2, 0.25) is 10.0 Å². The number of piperidine rings is 1. The number of nitrogens with one attached hydrogen (secondary N) is 1. The summed E-state index contributed by atoms with van der Waals surface area (Å²) in [4.78, 5) is 34.9. The van der Waals surface area contributed by atoms with Gasteiger partial charge in [0.1, 0.15) is 0 Å². The van der Waals surface area contributed by atoms with Gasteiger partial charge in [-0.2, -0.15) is 0 Å². The van der Waals surface area contributed by atoms with Crippen LogP contribution < -0.4 is 10.2 Å². The van der Waals surface area contributed by atoms with E-state index in [0.717, 1.165) is 5.56 Å². The van der Waals surface area contributed by atoms with E-state index in [-0.39, 0.29) is 30.4 Å². The van der Waals surface area contributed by atoms with Gasteiger partial charge in [0, 0.05) is 35.5 Å². The number of amides is 1. The molecule has 7 nitrogen and oxygen atoms in total. The molecule has 1 amide bonds. The molecule has 9 heteroatoms. The van der Waals surface area contributed by atoms with Crippen LogP contribution in [-0.2, 0) is 14.3 Å². The van der Waals surface area contributed by atoms with Gasteiger partial charge in [-0.3, -0.25) is 9.59 Å². The maximum absolute atomic E-state index is 12.3. The van der Waals surface area contributed by atoms with Crippen LogP contribution in [0.3, 0.4) is 0 Å². The van der Waals surface area contributed by atoms with Gasteiger partial charge >= 0.3 is 5.97 Å². The number of carbonyl (C=O) groups is 2. The van der Waals surface area contributed by atoms with Crippen LogP contribution in [0.5, 0.6) is 0 Å². The molecule has 1 N–H and O–H groups in total. The third-order valence-corrected chi connectivity index (χ3v) is 5.38. The van der Waals surface area contributed by atoms with Crippen LogP contribution in [0.15, 0.2) is 36.7 Å². The molecule has 1 aromatic carbocycles. The molecule has 0 saturated carbocycles. The molecule has 1 unspecified atom stereocenters. The van der Waals surface area contributed by atoms with Gasteiger partial charge in [0.25, 0.3) is 5.91 Å². The summed E-state index contributed by atoms with van der Waals surface area (Å²) in [6.45, 7) is 2.82. The molecule has 3 rings (SSSR count). The average Bonchev–Trinajstić information content (AvgIpc) is 2.72. The summed E-state index contributed by atoms with van der Waals surface area (Å²) in [5.41, 5.74) is 0.742. The lowest BCUT2D eigenvalue weighted by Crippen LogP contribution is -2.39. The second-order valence-corrected chi connectivity index (χ2v) is 7.72. The number of aromatic nitrogens is 2. The normalized spacial score (nSPS) is 15.6. The fraction of sp³-hybridized carbons (Fsp3) is 0.400. The highest BCUT2D eigenvalue weighted by Gasteiger charge is 2.27. The number of halogens is 2. The minimum atomic E-state index is -0.382. The monoisotopic (exact) mass is 436 g/mol. The summed E-state index contributed by atoms with van der Waals surface area (Å²) in [5.74, 6) is -0.308. The Bertz CT molecular complexity index is 858. The van der Waals surface area contributed by atoms with E-state index in [4.69, 9.17) is 27.9 Å². The molecule has 0 aliphatic carbocycles. The van der Waals surface area contributed by atoms with Crippen molar-refractivity contribution in [3.8, 4) is 0 Å². The van der Waals surface area contributed by atoms with E-state index in [1.54, 1.807) is 43.6 Å². The molecule has 1 fully saturated rings. The molecule has 1 atom stereocenters. The topological polar surface area (TPSA) is 84.4 Å². The fourth-order valence-corrected chi connectivity index (χ4v) is 3.81. The lowest BCUT2D eigenvalue weighted by Gasteiger charge is -2.30. The first-order valence-electron chi connectivity index (χ1n) is 9.37. The summed E-state index contributed by atoms with van der Waals surface area (Å²) < 4.78 is 5.22. The predicted molar refractivity (Wildman–Crippen MR) is 111 cm³/mol. The van der Waals surface area contributed by atoms with Crippen LogP contribution in [0.4, 0.5) is 5.95 Å². The van der Waals surface area contributed by atoms with E-state index in [0.29, 0.717) is 41.9 Å². The first-order chi connectivity index (χ1) is 13.9. The SMILES string of the molecule is CC(NC(=O)COC(=O)C1CCN(c2ncccn2)CC1)c1ccc(Cl)cc1Cl. The third-order valence-electron chi connectivity index (χ3n) is 4.82. The van der Waals surface area contributed by atoms with E-state index in [1.165, 1.54) is 0 Å². The Balaban J connectivity index is 1.43. The molecular weight excluding hydrogens is 415 g/mol. The molecule has 29 heavy (non-hydrogen) atoms. The largest absolute Gasteiger partial charge is 0.455 e. The van der Waals surface area contributed by atoms with Gasteiger partial charge < -0.3 is 15.0 Å². The van der Waals surface area contributed by atoms with Crippen molar-refractivity contribution in [3.63, 3.8) is 0 Å². The second kappa shape index (κ2) is 9.89. The van der Waals surface area contributed by atoms with Gasteiger partial charge in [0.05, 0.1) is 12.0 Å². The molecule has 2 heterocycles. The zero-order valence-electron chi connectivity index (χ0n) is 16.0. The molecule has 1 aromatic heterocycles. The van der Waals surface area contributed by atoms with Gasteiger partial charge in [-0.15, -0.1) is 0 Å². The van der Waals surface area contributed by atoms with Crippen molar-refractivity contribution < 1.29 is 14.3 Å². The Morgan fingerprint density at radius 2 is 1.93 bits per heavy atom. The van der Waals surface area contributed by atoms with Gasteiger partial charge in [-0.05, 0) is 43.5 Å². The Hall–Kier alpha value is -2.38. The molecule has 1 aliphatic rings. The molecule has 2 aromatic rings. The lowest BCUT2D eigenvalue weighted by molar-refractivity contribution is -0.153. The molecule has 154 valence electrons. The van der Waals surface area contributed by atoms with Gasteiger partial charge in [0.2, 0.25) is 5.95 Å². The molecule has 1 aliphatic heterocycles. The molecular formula is C20H22Cl2N4O3. The first-order valence-corrected chi connectivity index (χ1v) is 10.1. The van der Waals surface area contributed by atoms with Crippen molar-refractivity contribution in [2.75, 3.05) is 24.6 Å². The Morgan fingerprint density at radius 1 is 1.24 bits per heavy atom. The number of nitrogens with zero attached hydrogens (tertiary/aromatic N) is 3. The molecule has 0 bridgehead atoms. The molecule has 0 radical (unpaired) electrons. The van der Waals surface area contributed by atoms with Crippen LogP contribution in [0.25, 0.3) is 0 Å². The summed E-state index contributed by atoms with van der Waals surface area (Å²) in [6, 6.07) is 6.51. The van der Waals surface area contributed by atoms with E-state index in [2.05, 4.69) is 15.3 Å². The van der Waals surface area contributed by atoms with Gasteiger partial charge in [0.15, 0.2) is 6.61 Å². The maximum Gasteiger partial charge on any atom is 0.309 e. The van der Waals surface area contributed by atoms with Gasteiger partial charge in [-0.25, -0.2) is 9.97 Å². The van der Waals surface area contributed by atoms with E-state index >= 15 is 0 Å². The van der Waals surface area contributed by atoms with Gasteiger partial charge in [-0.1, -0.05) is 29.3 Å². The van der Waals surface area contributed by atoms with Crippen molar-refractivity contribution in [3.05, 3.63) is 52.3 Å². The smallest absolute Gasteiger partial charge is 0.309 e. The number of benzene rings is 1. The fourth-order valence-electron chi connectivity index (χ4n) is 3.24. The van der Waals surface area contributed by atoms with Crippen molar-refractivity contribution in [2.24, 2.45) is 5.92 Å². The Morgan fingerprint density at radius 3 is 2.59 bits per heavy atom. The summed E-state index contributed by atoms with van der Waals surface area (Å²) >= 11 is 12.0. The number of anilines is 1.